The molecule has 0 aliphatic heterocycles. The fraction of sp³-hybridized carbons (Fsp3) is 0.923. The summed E-state index contributed by atoms with van der Waals surface area (Å²) in [6.45, 7) is 1.42. The minimum Gasteiger partial charge on any atom is -0.377 e. The van der Waals surface area contributed by atoms with Crippen LogP contribution in [0.1, 0.15) is 12.8 Å². The molecule has 2 N–H and O–H groups in total. The molecular formula is C13H32N2O6SSi2. The van der Waals surface area contributed by atoms with Gasteiger partial charge in [0.25, 0.3) is 0 Å². The zero-order chi connectivity index (χ0) is 18.6. The Morgan fingerprint density at radius 2 is 1.04 bits per heavy atom. The van der Waals surface area contributed by atoms with Gasteiger partial charge < -0.3 is 37.2 Å². The van der Waals surface area contributed by atoms with Gasteiger partial charge in [0.2, 0.25) is 0 Å². The SMILES string of the molecule is CO[Si](CCCN(CCC[Si](OC)(OC)OC)C(N)=S)(OC)OC. The van der Waals surface area contributed by atoms with Crippen LogP contribution in [-0.2, 0) is 26.6 Å². The number of rotatable bonds is 14. The molecule has 8 nitrogen and oxygen atoms in total. The van der Waals surface area contributed by atoms with Crippen molar-refractivity contribution in [2.24, 2.45) is 5.73 Å². The van der Waals surface area contributed by atoms with E-state index in [2.05, 4.69) is 0 Å². The Balaban J connectivity index is 4.45. The fourth-order valence-electron chi connectivity index (χ4n) is 2.42. The summed E-state index contributed by atoms with van der Waals surface area (Å²) in [7, 11) is 4.51. The minimum absolute atomic E-state index is 0.369. The molecule has 0 saturated carbocycles. The zero-order valence-corrected chi connectivity index (χ0v) is 18.4. The molecule has 0 aromatic rings. The molecular weight excluding hydrogens is 368 g/mol. The Labute approximate surface area is 153 Å². The normalized spacial score (nSPS) is 12.4. The van der Waals surface area contributed by atoms with Crippen LogP contribution in [0.15, 0.2) is 0 Å². The van der Waals surface area contributed by atoms with Crippen molar-refractivity contribution in [2.45, 2.75) is 24.9 Å². The molecule has 0 aliphatic rings. The first-order chi connectivity index (χ1) is 11.4. The van der Waals surface area contributed by atoms with Crippen molar-refractivity contribution in [3.63, 3.8) is 0 Å². The lowest BCUT2D eigenvalue weighted by molar-refractivity contribution is 0.121. The number of nitrogens with zero attached hydrogens (tertiary/aromatic N) is 1. The van der Waals surface area contributed by atoms with E-state index >= 15 is 0 Å². The number of hydrogen-bond donors (Lipinski definition) is 1. The molecule has 0 heterocycles. The monoisotopic (exact) mass is 400 g/mol. The summed E-state index contributed by atoms with van der Waals surface area (Å²) in [5, 5.41) is 0.369. The van der Waals surface area contributed by atoms with Crippen molar-refractivity contribution >= 4 is 34.9 Å². The third kappa shape index (κ3) is 7.41. The van der Waals surface area contributed by atoms with Gasteiger partial charge in [0.1, 0.15) is 0 Å². The van der Waals surface area contributed by atoms with Crippen molar-refractivity contribution in [3.05, 3.63) is 0 Å². The molecule has 0 aliphatic carbocycles. The van der Waals surface area contributed by atoms with Gasteiger partial charge >= 0.3 is 17.6 Å². The van der Waals surface area contributed by atoms with Gasteiger partial charge in [0.05, 0.1) is 0 Å². The van der Waals surface area contributed by atoms with Gasteiger partial charge in [0.15, 0.2) is 5.11 Å². The fourth-order valence-corrected chi connectivity index (χ4v) is 6.01. The molecule has 144 valence electrons. The zero-order valence-electron chi connectivity index (χ0n) is 15.6. The molecule has 0 rings (SSSR count). The van der Waals surface area contributed by atoms with E-state index in [9.17, 15) is 0 Å². The Morgan fingerprint density at radius 1 is 0.750 bits per heavy atom. The van der Waals surface area contributed by atoms with E-state index in [4.69, 9.17) is 44.5 Å². The molecule has 0 atom stereocenters. The quantitative estimate of drug-likeness (QED) is 0.340. The highest BCUT2D eigenvalue weighted by Gasteiger charge is 2.38. The molecule has 0 aromatic carbocycles. The molecule has 0 amide bonds. The van der Waals surface area contributed by atoms with Crippen LogP contribution in [0.3, 0.4) is 0 Å². The van der Waals surface area contributed by atoms with Crippen LogP contribution in [-0.4, -0.2) is 83.4 Å². The molecule has 0 aromatic heterocycles. The molecule has 0 spiro atoms. The second kappa shape index (κ2) is 12.3. The second-order valence-corrected chi connectivity index (χ2v) is 11.7. The summed E-state index contributed by atoms with van der Waals surface area (Å²) < 4.78 is 32.5. The molecule has 0 bridgehead atoms. The molecule has 0 fully saturated rings. The summed E-state index contributed by atoms with van der Waals surface area (Å²) in [6.07, 6.45) is 1.61. The van der Waals surface area contributed by atoms with E-state index in [0.717, 1.165) is 12.8 Å². The van der Waals surface area contributed by atoms with Gasteiger partial charge in [-0.3, -0.25) is 0 Å². The maximum atomic E-state index is 5.82. The van der Waals surface area contributed by atoms with Crippen LogP contribution < -0.4 is 5.73 Å². The largest absolute Gasteiger partial charge is 0.500 e. The second-order valence-electron chi connectivity index (χ2n) is 5.12. The predicted octanol–water partition coefficient (Wildman–Crippen LogP) is 1.07. The van der Waals surface area contributed by atoms with Crippen LogP contribution in [0.5, 0.6) is 0 Å². The third-order valence-electron chi connectivity index (χ3n) is 4.00. The molecule has 0 saturated heterocycles. The van der Waals surface area contributed by atoms with E-state index < -0.39 is 17.6 Å². The number of thiocarbonyl (C=S) groups is 1. The van der Waals surface area contributed by atoms with Gasteiger partial charge in [-0.1, -0.05) is 0 Å². The first-order valence-corrected chi connectivity index (χ1v) is 12.0. The van der Waals surface area contributed by atoms with Gasteiger partial charge in [-0.05, 0) is 25.1 Å². The van der Waals surface area contributed by atoms with Crippen molar-refractivity contribution in [1.82, 2.24) is 4.90 Å². The summed E-state index contributed by atoms with van der Waals surface area (Å²) in [5.41, 5.74) is 5.82. The van der Waals surface area contributed by atoms with Crippen molar-refractivity contribution < 1.29 is 26.6 Å². The average molecular weight is 401 g/mol. The Morgan fingerprint density at radius 3 is 1.25 bits per heavy atom. The maximum absolute atomic E-state index is 5.82. The van der Waals surface area contributed by atoms with Crippen LogP contribution in [0, 0.1) is 0 Å². The van der Waals surface area contributed by atoms with Crippen molar-refractivity contribution in [3.8, 4) is 0 Å². The highest BCUT2D eigenvalue weighted by atomic mass is 32.1. The van der Waals surface area contributed by atoms with Gasteiger partial charge in [-0.15, -0.1) is 0 Å². The summed E-state index contributed by atoms with van der Waals surface area (Å²) in [4.78, 5) is 1.95. The van der Waals surface area contributed by atoms with Crippen molar-refractivity contribution in [1.29, 1.82) is 0 Å². The number of hydrogen-bond acceptors (Lipinski definition) is 7. The van der Waals surface area contributed by atoms with Gasteiger partial charge in [0, 0.05) is 67.8 Å². The summed E-state index contributed by atoms with van der Waals surface area (Å²) in [5.74, 6) is 0. The molecule has 24 heavy (non-hydrogen) atoms. The highest BCUT2D eigenvalue weighted by molar-refractivity contribution is 7.80. The van der Waals surface area contributed by atoms with Gasteiger partial charge in [-0.2, -0.15) is 0 Å². The van der Waals surface area contributed by atoms with E-state index in [1.165, 1.54) is 0 Å². The average Bonchev–Trinajstić information content (AvgIpc) is 2.61. The third-order valence-corrected chi connectivity index (χ3v) is 9.92. The van der Waals surface area contributed by atoms with Crippen LogP contribution >= 0.6 is 12.2 Å². The van der Waals surface area contributed by atoms with E-state index in [-0.39, 0.29) is 0 Å². The Hall–Kier alpha value is -0.116. The molecule has 0 radical (unpaired) electrons. The smallest absolute Gasteiger partial charge is 0.377 e. The Bertz CT molecular complexity index is 317. The van der Waals surface area contributed by atoms with Crippen LogP contribution in [0.4, 0.5) is 0 Å². The summed E-state index contributed by atoms with van der Waals surface area (Å²) >= 11 is 5.14. The Kier molecular flexibility index (Phi) is 12.2. The van der Waals surface area contributed by atoms with Crippen LogP contribution in [0.2, 0.25) is 12.1 Å². The highest BCUT2D eigenvalue weighted by Crippen LogP contribution is 2.17. The first kappa shape index (κ1) is 23.9. The molecule has 0 unspecified atom stereocenters. The van der Waals surface area contributed by atoms with E-state index in [1.807, 2.05) is 4.90 Å². The van der Waals surface area contributed by atoms with Crippen molar-refractivity contribution in [2.75, 3.05) is 55.7 Å². The standard InChI is InChI=1S/C13H32N2O6SSi2/c1-16-23(17-2,18-3)11-7-9-15(13(14)22)10-8-12-24(19-4,20-5)21-6/h7-12H2,1-6H3,(H2,14,22). The van der Waals surface area contributed by atoms with E-state index in [1.54, 1.807) is 42.7 Å². The molecule has 11 heteroatoms. The number of nitrogens with two attached hydrogens (primary N) is 1. The lowest BCUT2D eigenvalue weighted by Gasteiger charge is -2.28. The minimum atomic E-state index is -2.56. The van der Waals surface area contributed by atoms with Gasteiger partial charge in [-0.25, -0.2) is 0 Å². The lowest BCUT2D eigenvalue weighted by atomic mass is 10.4. The topological polar surface area (TPSA) is 84.6 Å². The first-order valence-electron chi connectivity index (χ1n) is 7.73. The lowest BCUT2D eigenvalue weighted by Crippen LogP contribution is -2.45. The summed E-state index contributed by atoms with van der Waals surface area (Å²) in [6, 6.07) is 1.39. The van der Waals surface area contributed by atoms with Crippen LogP contribution in [0.25, 0.3) is 0 Å². The van der Waals surface area contributed by atoms with E-state index in [0.29, 0.717) is 30.3 Å². The maximum Gasteiger partial charge on any atom is 0.500 e. The predicted molar refractivity (Wildman–Crippen MR) is 101 cm³/mol.